The molecule has 2 aliphatic rings. The summed E-state index contributed by atoms with van der Waals surface area (Å²) in [7, 11) is -3.30. The zero-order chi connectivity index (χ0) is 22.6. The Balaban J connectivity index is 1.40. The highest BCUT2D eigenvalue weighted by Gasteiger charge is 2.42. The number of hydrogen-bond donors (Lipinski definition) is 1. The van der Waals surface area contributed by atoms with E-state index in [9.17, 15) is 8.42 Å². The Labute approximate surface area is 192 Å². The molecule has 2 aromatic rings. The monoisotopic (exact) mass is 457 g/mol. The summed E-state index contributed by atoms with van der Waals surface area (Å²) in [6, 6.07) is 16.5. The summed E-state index contributed by atoms with van der Waals surface area (Å²) >= 11 is 0. The lowest BCUT2D eigenvalue weighted by atomic mass is 9.78. The number of benzene rings is 1. The van der Waals surface area contributed by atoms with Crippen molar-refractivity contribution < 1.29 is 13.2 Å². The number of rotatable bonds is 7. The van der Waals surface area contributed by atoms with Gasteiger partial charge in [0.15, 0.2) is 0 Å². The first-order valence-corrected chi connectivity index (χ1v) is 13.5. The Bertz CT molecular complexity index is 962. The third-order valence-electron chi connectivity index (χ3n) is 7.00. The fourth-order valence-electron chi connectivity index (χ4n) is 5.20. The summed E-state index contributed by atoms with van der Waals surface area (Å²) < 4.78 is 33.4. The van der Waals surface area contributed by atoms with E-state index in [0.29, 0.717) is 19.1 Å². The Kier molecular flexibility index (Phi) is 7.17. The van der Waals surface area contributed by atoms with E-state index in [2.05, 4.69) is 51.9 Å². The molecular formula is C25H35N3O3S. The van der Waals surface area contributed by atoms with Crippen LogP contribution in [0.5, 0.6) is 0 Å². The van der Waals surface area contributed by atoms with E-state index in [4.69, 9.17) is 4.74 Å². The summed E-state index contributed by atoms with van der Waals surface area (Å²) in [4.78, 5) is 6.75. The second-order valence-electron chi connectivity index (χ2n) is 9.69. The van der Waals surface area contributed by atoms with Crippen LogP contribution < -0.4 is 9.62 Å². The number of ether oxygens (including phenoxy) is 1. The third kappa shape index (κ3) is 5.88. The summed E-state index contributed by atoms with van der Waals surface area (Å²) in [5, 5.41) is 0. The van der Waals surface area contributed by atoms with Crippen molar-refractivity contribution in [2.75, 3.05) is 30.9 Å². The topological polar surface area (TPSA) is 71.5 Å². The second-order valence-corrected chi connectivity index (χ2v) is 11.5. The van der Waals surface area contributed by atoms with Crippen molar-refractivity contribution in [2.24, 2.45) is 5.41 Å². The van der Waals surface area contributed by atoms with Crippen LogP contribution in [0.2, 0.25) is 0 Å². The van der Waals surface area contributed by atoms with E-state index < -0.39 is 10.0 Å². The van der Waals surface area contributed by atoms with Gasteiger partial charge in [0.25, 0.3) is 0 Å². The fraction of sp³-hybridized carbons (Fsp3) is 0.560. The lowest BCUT2D eigenvalue weighted by molar-refractivity contribution is -0.0344. The van der Waals surface area contributed by atoms with Gasteiger partial charge in [-0.05, 0) is 55.7 Å². The van der Waals surface area contributed by atoms with E-state index >= 15 is 0 Å². The average molecular weight is 458 g/mol. The highest BCUT2D eigenvalue weighted by Crippen LogP contribution is 2.37. The van der Waals surface area contributed by atoms with Crippen LogP contribution in [-0.2, 0) is 14.8 Å². The first-order valence-electron chi connectivity index (χ1n) is 11.6. The van der Waals surface area contributed by atoms with Gasteiger partial charge in [-0.1, -0.05) is 43.3 Å². The van der Waals surface area contributed by atoms with Crippen molar-refractivity contribution in [3.05, 3.63) is 60.3 Å². The molecule has 1 aromatic heterocycles. The minimum Gasteiger partial charge on any atom is -0.378 e. The SMILES string of the molecule is C[C@@]1(CO[C@H]2CC[C@@H](c3ccccc3)CC2)CN(c2ccccn2)CCC1NS(C)(=O)=O. The van der Waals surface area contributed by atoms with Crippen LogP contribution in [-0.4, -0.2) is 51.5 Å². The van der Waals surface area contributed by atoms with Crippen molar-refractivity contribution in [1.29, 1.82) is 0 Å². The molecule has 1 saturated heterocycles. The average Bonchev–Trinajstić information content (AvgIpc) is 2.80. The Morgan fingerprint density at radius 1 is 1.06 bits per heavy atom. The molecule has 1 N–H and O–H groups in total. The molecule has 1 aliphatic carbocycles. The number of anilines is 1. The molecule has 0 amide bonds. The Hall–Kier alpha value is -1.96. The molecule has 1 saturated carbocycles. The number of pyridine rings is 1. The summed E-state index contributed by atoms with van der Waals surface area (Å²) in [5.41, 5.74) is 1.09. The smallest absolute Gasteiger partial charge is 0.208 e. The van der Waals surface area contributed by atoms with Gasteiger partial charge in [-0.3, -0.25) is 0 Å². The van der Waals surface area contributed by atoms with Crippen LogP contribution in [0.25, 0.3) is 0 Å². The number of aromatic nitrogens is 1. The van der Waals surface area contributed by atoms with Gasteiger partial charge >= 0.3 is 0 Å². The highest BCUT2D eigenvalue weighted by molar-refractivity contribution is 7.88. The number of nitrogens with one attached hydrogen (secondary N) is 1. The zero-order valence-electron chi connectivity index (χ0n) is 19.1. The third-order valence-corrected chi connectivity index (χ3v) is 7.72. The highest BCUT2D eigenvalue weighted by atomic mass is 32.2. The molecule has 1 aromatic carbocycles. The normalized spacial score (nSPS) is 29.1. The molecule has 6 nitrogen and oxygen atoms in total. The first kappa shape index (κ1) is 23.2. The molecule has 174 valence electrons. The van der Waals surface area contributed by atoms with E-state index in [0.717, 1.165) is 44.5 Å². The lowest BCUT2D eigenvalue weighted by Crippen LogP contribution is -2.59. The van der Waals surface area contributed by atoms with Crippen LogP contribution in [0, 0.1) is 5.41 Å². The molecule has 0 bridgehead atoms. The standard InChI is InChI=1S/C25H35N3O3S/c1-25(19-31-22-13-11-21(12-14-22)20-8-4-3-5-9-20)18-28(24-10-6-7-16-26-24)17-15-23(25)27-32(2,29)30/h3-10,16,21-23,27H,11-15,17-19H2,1-2H3/t21-,22+,23?,25-/m0/s1. The van der Waals surface area contributed by atoms with Crippen LogP contribution in [0.3, 0.4) is 0 Å². The molecule has 32 heavy (non-hydrogen) atoms. The van der Waals surface area contributed by atoms with E-state index in [1.807, 2.05) is 18.2 Å². The number of piperidine rings is 1. The van der Waals surface area contributed by atoms with Crippen LogP contribution >= 0.6 is 0 Å². The molecule has 1 unspecified atom stereocenters. The quantitative estimate of drug-likeness (QED) is 0.681. The summed E-state index contributed by atoms with van der Waals surface area (Å²) in [6.45, 7) is 4.14. The lowest BCUT2D eigenvalue weighted by Gasteiger charge is -2.47. The summed E-state index contributed by atoms with van der Waals surface area (Å²) in [5.74, 6) is 1.54. The number of sulfonamides is 1. The van der Waals surface area contributed by atoms with E-state index in [1.165, 1.54) is 11.8 Å². The van der Waals surface area contributed by atoms with Gasteiger partial charge in [-0.2, -0.15) is 0 Å². The van der Waals surface area contributed by atoms with Crippen LogP contribution in [0.15, 0.2) is 54.7 Å². The fourth-order valence-corrected chi connectivity index (χ4v) is 6.12. The van der Waals surface area contributed by atoms with E-state index in [-0.39, 0.29) is 17.6 Å². The zero-order valence-corrected chi connectivity index (χ0v) is 19.9. The van der Waals surface area contributed by atoms with Crippen LogP contribution in [0.1, 0.15) is 50.5 Å². The number of hydrogen-bond acceptors (Lipinski definition) is 5. The largest absolute Gasteiger partial charge is 0.378 e. The predicted octanol–water partition coefficient (Wildman–Crippen LogP) is 3.96. The van der Waals surface area contributed by atoms with Crippen molar-refractivity contribution in [1.82, 2.24) is 9.71 Å². The molecule has 2 fully saturated rings. The molecule has 7 heteroatoms. The van der Waals surface area contributed by atoms with Crippen LogP contribution in [0.4, 0.5) is 5.82 Å². The summed E-state index contributed by atoms with van der Waals surface area (Å²) in [6.07, 6.45) is 8.36. The second kappa shape index (κ2) is 9.89. The molecule has 2 atom stereocenters. The molecular weight excluding hydrogens is 422 g/mol. The van der Waals surface area contributed by atoms with Gasteiger partial charge in [0.1, 0.15) is 5.82 Å². The maximum absolute atomic E-state index is 12.0. The molecule has 2 heterocycles. The predicted molar refractivity (Wildman–Crippen MR) is 128 cm³/mol. The molecule has 0 spiro atoms. The maximum atomic E-state index is 12.0. The van der Waals surface area contributed by atoms with Crippen molar-refractivity contribution >= 4 is 15.8 Å². The first-order chi connectivity index (χ1) is 15.3. The van der Waals surface area contributed by atoms with Gasteiger partial charge < -0.3 is 9.64 Å². The van der Waals surface area contributed by atoms with Crippen molar-refractivity contribution in [2.45, 2.75) is 57.1 Å². The molecule has 0 radical (unpaired) electrons. The Morgan fingerprint density at radius 2 is 1.78 bits per heavy atom. The van der Waals surface area contributed by atoms with Crippen molar-refractivity contribution in [3.8, 4) is 0 Å². The van der Waals surface area contributed by atoms with Gasteiger partial charge in [-0.15, -0.1) is 0 Å². The van der Waals surface area contributed by atoms with Gasteiger partial charge in [0.05, 0.1) is 19.0 Å². The maximum Gasteiger partial charge on any atom is 0.208 e. The van der Waals surface area contributed by atoms with Crippen molar-refractivity contribution in [3.63, 3.8) is 0 Å². The number of nitrogens with zero attached hydrogens (tertiary/aromatic N) is 2. The van der Waals surface area contributed by atoms with E-state index in [1.54, 1.807) is 6.20 Å². The Morgan fingerprint density at radius 3 is 2.44 bits per heavy atom. The van der Waals surface area contributed by atoms with Gasteiger partial charge in [0, 0.05) is 30.7 Å². The minimum absolute atomic E-state index is 0.155. The molecule has 4 rings (SSSR count). The molecule has 1 aliphatic heterocycles. The van der Waals surface area contributed by atoms with Gasteiger partial charge in [-0.25, -0.2) is 18.1 Å². The minimum atomic E-state index is -3.30. The van der Waals surface area contributed by atoms with Gasteiger partial charge in [0.2, 0.25) is 10.0 Å².